The first-order chi connectivity index (χ1) is 8.72. The van der Waals surface area contributed by atoms with E-state index in [1.54, 1.807) is 7.11 Å². The Hall–Kier alpha value is -0.730. The van der Waals surface area contributed by atoms with Crippen molar-refractivity contribution in [1.29, 1.82) is 0 Å². The summed E-state index contributed by atoms with van der Waals surface area (Å²) in [5.74, 6) is 0.863. The third kappa shape index (κ3) is 4.51. The molecule has 0 aliphatic rings. The predicted octanol–water partition coefficient (Wildman–Crippen LogP) is 4.41. The molecule has 0 radical (unpaired) electrons. The highest BCUT2D eigenvalue weighted by molar-refractivity contribution is 6.31. The number of hydrogen-bond acceptors (Lipinski definition) is 2. The maximum absolute atomic E-state index is 6.23. The van der Waals surface area contributed by atoms with Gasteiger partial charge in [-0.25, -0.2) is 0 Å². The number of benzene rings is 1. The fraction of sp³-hybridized carbons (Fsp3) is 0.600. The van der Waals surface area contributed by atoms with Gasteiger partial charge in [-0.1, -0.05) is 44.4 Å². The van der Waals surface area contributed by atoms with Crippen molar-refractivity contribution in [3.63, 3.8) is 0 Å². The van der Waals surface area contributed by atoms with Gasteiger partial charge in [-0.15, -0.1) is 0 Å². The number of hydrogen-bond donors (Lipinski definition) is 1. The second kappa shape index (κ2) is 8.39. The fourth-order valence-corrected chi connectivity index (χ4v) is 2.43. The molecule has 3 heteroatoms. The molecule has 0 amide bonds. The van der Waals surface area contributed by atoms with E-state index in [2.05, 4.69) is 19.2 Å². The van der Waals surface area contributed by atoms with Crippen LogP contribution < -0.4 is 10.1 Å². The van der Waals surface area contributed by atoms with E-state index >= 15 is 0 Å². The Morgan fingerprint density at radius 1 is 1.22 bits per heavy atom. The van der Waals surface area contributed by atoms with Crippen LogP contribution >= 0.6 is 11.6 Å². The normalized spacial score (nSPS) is 10.9. The molecule has 0 aliphatic carbocycles. The molecule has 2 nitrogen and oxygen atoms in total. The first-order valence-corrected chi connectivity index (χ1v) is 7.15. The van der Waals surface area contributed by atoms with Crippen LogP contribution in [0.1, 0.15) is 45.1 Å². The summed E-state index contributed by atoms with van der Waals surface area (Å²) in [6.45, 7) is 5.22. The molecule has 0 saturated heterocycles. The van der Waals surface area contributed by atoms with E-state index in [1.807, 2.05) is 18.2 Å². The van der Waals surface area contributed by atoms with E-state index in [0.29, 0.717) is 6.04 Å². The van der Waals surface area contributed by atoms with Crippen molar-refractivity contribution in [2.24, 2.45) is 0 Å². The molecule has 1 N–H and O–H groups in total. The molecular formula is C15H24ClNO. The summed E-state index contributed by atoms with van der Waals surface area (Å²) in [6, 6.07) is 6.36. The molecule has 18 heavy (non-hydrogen) atoms. The van der Waals surface area contributed by atoms with Crippen molar-refractivity contribution >= 4 is 11.6 Å². The molecule has 0 atom stereocenters. The Morgan fingerprint density at radius 3 is 2.44 bits per heavy atom. The van der Waals surface area contributed by atoms with Crippen LogP contribution in [0.2, 0.25) is 5.02 Å². The molecule has 1 rings (SSSR count). The largest absolute Gasteiger partial charge is 0.496 e. The van der Waals surface area contributed by atoms with Gasteiger partial charge < -0.3 is 10.1 Å². The van der Waals surface area contributed by atoms with Crippen LogP contribution in [0.4, 0.5) is 0 Å². The van der Waals surface area contributed by atoms with Crippen molar-refractivity contribution < 1.29 is 4.74 Å². The average molecular weight is 270 g/mol. The third-order valence-electron chi connectivity index (χ3n) is 3.14. The van der Waals surface area contributed by atoms with E-state index < -0.39 is 0 Å². The first-order valence-electron chi connectivity index (χ1n) is 6.77. The van der Waals surface area contributed by atoms with Crippen LogP contribution in [-0.4, -0.2) is 13.2 Å². The van der Waals surface area contributed by atoms with Crippen molar-refractivity contribution in [2.75, 3.05) is 7.11 Å². The number of methoxy groups -OCH3 is 1. The zero-order valence-electron chi connectivity index (χ0n) is 11.6. The summed E-state index contributed by atoms with van der Waals surface area (Å²) >= 11 is 6.23. The summed E-state index contributed by atoms with van der Waals surface area (Å²) in [6.07, 6.45) is 4.83. The van der Waals surface area contributed by atoms with Gasteiger partial charge in [0.15, 0.2) is 0 Å². The van der Waals surface area contributed by atoms with Crippen LogP contribution in [0.25, 0.3) is 0 Å². The minimum Gasteiger partial charge on any atom is -0.496 e. The monoisotopic (exact) mass is 269 g/mol. The molecular weight excluding hydrogens is 246 g/mol. The van der Waals surface area contributed by atoms with E-state index in [0.717, 1.165) is 22.9 Å². The van der Waals surface area contributed by atoms with Gasteiger partial charge in [0, 0.05) is 23.2 Å². The molecule has 0 spiro atoms. The topological polar surface area (TPSA) is 21.3 Å². The Morgan fingerprint density at radius 2 is 1.89 bits per heavy atom. The second-order valence-electron chi connectivity index (χ2n) is 4.58. The highest BCUT2D eigenvalue weighted by Crippen LogP contribution is 2.26. The highest BCUT2D eigenvalue weighted by Gasteiger charge is 2.10. The van der Waals surface area contributed by atoms with Gasteiger partial charge in [0.05, 0.1) is 7.11 Å². The molecule has 0 aliphatic heterocycles. The lowest BCUT2D eigenvalue weighted by Crippen LogP contribution is -2.28. The van der Waals surface area contributed by atoms with Crippen LogP contribution in [0.3, 0.4) is 0 Å². The Balaban J connectivity index is 2.66. The predicted molar refractivity (Wildman–Crippen MR) is 78.4 cm³/mol. The minimum atomic E-state index is 0.570. The highest BCUT2D eigenvalue weighted by atomic mass is 35.5. The van der Waals surface area contributed by atoms with E-state index in [4.69, 9.17) is 16.3 Å². The number of rotatable bonds is 8. The van der Waals surface area contributed by atoms with Crippen molar-refractivity contribution in [1.82, 2.24) is 5.32 Å². The van der Waals surface area contributed by atoms with Gasteiger partial charge >= 0.3 is 0 Å². The molecule has 0 aromatic heterocycles. The van der Waals surface area contributed by atoms with Crippen molar-refractivity contribution in [3.05, 3.63) is 28.8 Å². The standard InChI is InChI=1S/C15H24ClNO/c1-4-7-12(8-5-2)17-11-13-14(16)9-6-10-15(13)18-3/h6,9-10,12,17H,4-5,7-8,11H2,1-3H3. The summed E-state index contributed by atoms with van der Waals surface area (Å²) < 4.78 is 5.35. The SMILES string of the molecule is CCCC(CCC)NCc1c(Cl)cccc1OC. The molecule has 0 unspecified atom stereocenters. The summed E-state index contributed by atoms with van der Waals surface area (Å²) in [5.41, 5.74) is 1.05. The number of ether oxygens (including phenoxy) is 1. The Bertz CT molecular complexity index is 348. The number of nitrogens with one attached hydrogen (secondary N) is 1. The van der Waals surface area contributed by atoms with Gasteiger partial charge in [-0.3, -0.25) is 0 Å². The molecule has 0 bridgehead atoms. The second-order valence-corrected chi connectivity index (χ2v) is 4.98. The third-order valence-corrected chi connectivity index (χ3v) is 3.49. The molecule has 102 valence electrons. The fourth-order valence-electron chi connectivity index (χ4n) is 2.19. The Kier molecular flexibility index (Phi) is 7.14. The molecule has 0 saturated carbocycles. The summed E-state index contributed by atoms with van der Waals surface area (Å²) in [7, 11) is 1.69. The lowest BCUT2D eigenvalue weighted by atomic mass is 10.1. The zero-order valence-corrected chi connectivity index (χ0v) is 12.4. The first kappa shape index (κ1) is 15.3. The van der Waals surface area contributed by atoms with Crippen molar-refractivity contribution in [3.8, 4) is 5.75 Å². The van der Waals surface area contributed by atoms with Gasteiger partial charge in [0.2, 0.25) is 0 Å². The van der Waals surface area contributed by atoms with Crippen LogP contribution in [0, 0.1) is 0 Å². The van der Waals surface area contributed by atoms with Crippen LogP contribution in [0.15, 0.2) is 18.2 Å². The van der Waals surface area contributed by atoms with Gasteiger partial charge in [-0.05, 0) is 25.0 Å². The van der Waals surface area contributed by atoms with Crippen LogP contribution in [-0.2, 0) is 6.54 Å². The zero-order chi connectivity index (χ0) is 13.4. The summed E-state index contributed by atoms with van der Waals surface area (Å²) in [5, 5.41) is 4.36. The molecule has 0 fully saturated rings. The lowest BCUT2D eigenvalue weighted by Gasteiger charge is -2.19. The van der Waals surface area contributed by atoms with Gasteiger partial charge in [-0.2, -0.15) is 0 Å². The van der Waals surface area contributed by atoms with Gasteiger partial charge in [0.25, 0.3) is 0 Å². The quantitative estimate of drug-likeness (QED) is 0.755. The van der Waals surface area contributed by atoms with E-state index in [1.165, 1.54) is 25.7 Å². The average Bonchev–Trinajstić information content (AvgIpc) is 2.37. The molecule has 1 aromatic rings. The van der Waals surface area contributed by atoms with E-state index in [9.17, 15) is 0 Å². The smallest absolute Gasteiger partial charge is 0.124 e. The minimum absolute atomic E-state index is 0.570. The molecule has 1 aromatic carbocycles. The maximum atomic E-state index is 6.23. The Labute approximate surface area is 116 Å². The van der Waals surface area contributed by atoms with Gasteiger partial charge in [0.1, 0.15) is 5.75 Å². The van der Waals surface area contributed by atoms with E-state index in [-0.39, 0.29) is 0 Å². The molecule has 0 heterocycles. The van der Waals surface area contributed by atoms with Crippen LogP contribution in [0.5, 0.6) is 5.75 Å². The van der Waals surface area contributed by atoms with Crippen molar-refractivity contribution in [2.45, 2.75) is 52.1 Å². The summed E-state index contributed by atoms with van der Waals surface area (Å²) in [4.78, 5) is 0. The number of halogens is 1. The lowest BCUT2D eigenvalue weighted by molar-refractivity contribution is 0.399. The maximum Gasteiger partial charge on any atom is 0.124 e.